The third-order valence-corrected chi connectivity index (χ3v) is 3.25. The summed E-state index contributed by atoms with van der Waals surface area (Å²) in [5.74, 6) is 0.397. The van der Waals surface area contributed by atoms with Gasteiger partial charge in [-0.25, -0.2) is 4.98 Å². The van der Waals surface area contributed by atoms with E-state index in [1.165, 1.54) is 25.0 Å². The fourth-order valence-corrected chi connectivity index (χ4v) is 2.34. The highest BCUT2D eigenvalue weighted by Crippen LogP contribution is 2.21. The van der Waals surface area contributed by atoms with Crippen LogP contribution in [0.1, 0.15) is 25.7 Å². The van der Waals surface area contributed by atoms with Crippen molar-refractivity contribution in [2.45, 2.75) is 31.8 Å². The lowest BCUT2D eigenvalue weighted by Gasteiger charge is -2.11. The van der Waals surface area contributed by atoms with E-state index in [2.05, 4.69) is 10.3 Å². The molecule has 1 aliphatic carbocycles. The largest absolute Gasteiger partial charge is 0.376 e. The van der Waals surface area contributed by atoms with Gasteiger partial charge in [0.25, 0.3) is 5.69 Å². The summed E-state index contributed by atoms with van der Waals surface area (Å²) in [5.41, 5.74) is -0.0702. The monoisotopic (exact) mass is 285 g/mol. The van der Waals surface area contributed by atoms with E-state index in [9.17, 15) is 10.1 Å². The molecule has 1 heterocycles. The molecule has 0 radical (unpaired) electrons. The maximum atomic E-state index is 10.7. The first kappa shape index (κ1) is 14.0. The van der Waals surface area contributed by atoms with Gasteiger partial charge < -0.3 is 10.1 Å². The fraction of sp³-hybridized carbons (Fsp3) is 0.583. The predicted octanol–water partition coefficient (Wildman–Crippen LogP) is 3.01. The second-order valence-electron chi connectivity index (χ2n) is 4.49. The van der Waals surface area contributed by atoms with Crippen LogP contribution < -0.4 is 5.32 Å². The van der Waals surface area contributed by atoms with Gasteiger partial charge in [-0.05, 0) is 12.8 Å². The molecule has 1 N–H and O–H groups in total. The number of rotatable bonds is 6. The van der Waals surface area contributed by atoms with E-state index < -0.39 is 4.92 Å². The van der Waals surface area contributed by atoms with Crippen LogP contribution in [0.3, 0.4) is 0 Å². The van der Waals surface area contributed by atoms with Gasteiger partial charge in [-0.1, -0.05) is 24.4 Å². The van der Waals surface area contributed by atoms with E-state index in [1.807, 2.05) is 0 Å². The third-order valence-electron chi connectivity index (χ3n) is 3.05. The number of halogens is 1. The van der Waals surface area contributed by atoms with Crippen molar-refractivity contribution < 1.29 is 9.66 Å². The summed E-state index contributed by atoms with van der Waals surface area (Å²) < 4.78 is 5.68. The SMILES string of the molecule is O=[N+]([O-])c1cc(Cl)nc(NCCOC2CCCC2)c1. The van der Waals surface area contributed by atoms with Gasteiger partial charge in [-0.3, -0.25) is 10.1 Å². The molecule has 1 aromatic rings. The first-order valence-corrected chi connectivity index (χ1v) is 6.70. The first-order chi connectivity index (χ1) is 9.15. The number of nitro groups is 1. The van der Waals surface area contributed by atoms with Crippen LogP contribution in [-0.2, 0) is 4.74 Å². The van der Waals surface area contributed by atoms with Gasteiger partial charge in [-0.2, -0.15) is 0 Å². The normalized spacial score (nSPS) is 15.6. The van der Waals surface area contributed by atoms with Crippen molar-refractivity contribution >= 4 is 23.1 Å². The van der Waals surface area contributed by atoms with Gasteiger partial charge >= 0.3 is 0 Å². The van der Waals surface area contributed by atoms with E-state index in [1.54, 1.807) is 0 Å². The van der Waals surface area contributed by atoms with Gasteiger partial charge in [0.15, 0.2) is 0 Å². The molecule has 0 atom stereocenters. The van der Waals surface area contributed by atoms with Gasteiger partial charge in [0, 0.05) is 6.54 Å². The van der Waals surface area contributed by atoms with E-state index in [0.29, 0.717) is 25.1 Å². The molecule has 0 spiro atoms. The lowest BCUT2D eigenvalue weighted by atomic mass is 10.3. The minimum atomic E-state index is -0.492. The third kappa shape index (κ3) is 4.33. The second-order valence-corrected chi connectivity index (χ2v) is 4.88. The molecule has 7 heteroatoms. The van der Waals surface area contributed by atoms with Gasteiger partial charge in [0.2, 0.25) is 0 Å². The molecular formula is C12H16ClN3O3. The Hall–Kier alpha value is -1.40. The molecule has 1 aliphatic rings. The Morgan fingerprint density at radius 2 is 2.21 bits per heavy atom. The summed E-state index contributed by atoms with van der Waals surface area (Å²) in [6.07, 6.45) is 5.09. The summed E-state index contributed by atoms with van der Waals surface area (Å²) >= 11 is 5.72. The Bertz CT molecular complexity index is 450. The van der Waals surface area contributed by atoms with Crippen LogP contribution in [0, 0.1) is 10.1 Å². The Balaban J connectivity index is 1.80. The number of ether oxygens (including phenoxy) is 1. The highest BCUT2D eigenvalue weighted by Gasteiger charge is 2.15. The summed E-state index contributed by atoms with van der Waals surface area (Å²) in [7, 11) is 0. The number of nitrogens with one attached hydrogen (secondary N) is 1. The Kier molecular flexibility index (Phi) is 4.93. The Morgan fingerprint density at radius 1 is 1.47 bits per heavy atom. The van der Waals surface area contributed by atoms with Crippen LogP contribution in [0.4, 0.5) is 11.5 Å². The van der Waals surface area contributed by atoms with Crippen LogP contribution in [-0.4, -0.2) is 29.2 Å². The molecule has 19 heavy (non-hydrogen) atoms. The van der Waals surface area contributed by atoms with Crippen LogP contribution >= 0.6 is 11.6 Å². The van der Waals surface area contributed by atoms with Gasteiger partial charge in [-0.15, -0.1) is 0 Å². The summed E-state index contributed by atoms with van der Waals surface area (Å²) in [6, 6.07) is 2.59. The highest BCUT2D eigenvalue weighted by molar-refractivity contribution is 6.29. The standard InChI is InChI=1S/C12H16ClN3O3/c13-11-7-9(16(17)18)8-12(15-11)14-5-6-19-10-3-1-2-4-10/h7-8,10H,1-6H2,(H,14,15). The van der Waals surface area contributed by atoms with Crippen LogP contribution in [0.15, 0.2) is 12.1 Å². The van der Waals surface area contributed by atoms with Crippen LogP contribution in [0.2, 0.25) is 5.15 Å². The topological polar surface area (TPSA) is 77.3 Å². The molecule has 0 aliphatic heterocycles. The van der Waals surface area contributed by atoms with Crippen LogP contribution in [0.25, 0.3) is 0 Å². The number of pyridine rings is 1. The first-order valence-electron chi connectivity index (χ1n) is 6.32. The van der Waals surface area contributed by atoms with Gasteiger partial charge in [0.1, 0.15) is 11.0 Å². The molecule has 0 unspecified atom stereocenters. The van der Waals surface area contributed by atoms with Crippen molar-refractivity contribution in [2.24, 2.45) is 0 Å². The Labute approximate surface area is 116 Å². The molecule has 1 saturated carbocycles. The van der Waals surface area contributed by atoms with E-state index in [-0.39, 0.29) is 10.8 Å². The number of aromatic nitrogens is 1. The van der Waals surface area contributed by atoms with Crippen molar-refractivity contribution in [3.8, 4) is 0 Å². The molecule has 1 fully saturated rings. The fourth-order valence-electron chi connectivity index (χ4n) is 2.14. The molecular weight excluding hydrogens is 270 g/mol. The van der Waals surface area contributed by atoms with E-state index in [4.69, 9.17) is 16.3 Å². The zero-order chi connectivity index (χ0) is 13.7. The lowest BCUT2D eigenvalue weighted by molar-refractivity contribution is -0.384. The van der Waals surface area contributed by atoms with Crippen molar-refractivity contribution in [2.75, 3.05) is 18.5 Å². The van der Waals surface area contributed by atoms with Crippen LogP contribution in [0.5, 0.6) is 0 Å². The summed E-state index contributed by atoms with van der Waals surface area (Å²) in [6.45, 7) is 1.12. The smallest absolute Gasteiger partial charge is 0.276 e. The summed E-state index contributed by atoms with van der Waals surface area (Å²) in [4.78, 5) is 14.2. The highest BCUT2D eigenvalue weighted by atomic mass is 35.5. The van der Waals surface area contributed by atoms with Crippen molar-refractivity contribution in [3.05, 3.63) is 27.4 Å². The molecule has 0 aromatic carbocycles. The quantitative estimate of drug-likeness (QED) is 0.376. The molecule has 104 valence electrons. The van der Waals surface area contributed by atoms with E-state index >= 15 is 0 Å². The predicted molar refractivity (Wildman–Crippen MR) is 72.6 cm³/mol. The average molecular weight is 286 g/mol. The zero-order valence-corrected chi connectivity index (χ0v) is 11.2. The molecule has 6 nitrogen and oxygen atoms in total. The molecule has 2 rings (SSSR count). The molecule has 0 saturated heterocycles. The molecule has 1 aromatic heterocycles. The lowest BCUT2D eigenvalue weighted by Crippen LogP contribution is -2.15. The minimum absolute atomic E-state index is 0.0702. The zero-order valence-electron chi connectivity index (χ0n) is 10.5. The minimum Gasteiger partial charge on any atom is -0.376 e. The number of hydrogen-bond donors (Lipinski definition) is 1. The number of nitrogens with zero attached hydrogens (tertiary/aromatic N) is 2. The van der Waals surface area contributed by atoms with Crippen molar-refractivity contribution in [3.63, 3.8) is 0 Å². The maximum absolute atomic E-state index is 10.7. The molecule has 0 bridgehead atoms. The maximum Gasteiger partial charge on any atom is 0.276 e. The molecule has 0 amide bonds. The summed E-state index contributed by atoms with van der Waals surface area (Å²) in [5, 5.41) is 13.8. The average Bonchev–Trinajstić information content (AvgIpc) is 2.87. The number of anilines is 1. The van der Waals surface area contributed by atoms with E-state index in [0.717, 1.165) is 12.8 Å². The van der Waals surface area contributed by atoms with Gasteiger partial charge in [0.05, 0.1) is 29.8 Å². The Morgan fingerprint density at radius 3 is 2.89 bits per heavy atom. The second kappa shape index (κ2) is 6.68. The van der Waals surface area contributed by atoms with Crippen molar-refractivity contribution in [1.82, 2.24) is 4.98 Å². The number of hydrogen-bond acceptors (Lipinski definition) is 5. The van der Waals surface area contributed by atoms with Crippen molar-refractivity contribution in [1.29, 1.82) is 0 Å².